The zero-order valence-corrected chi connectivity index (χ0v) is 11.1. The molecule has 3 N–H and O–H groups in total. The van der Waals surface area contributed by atoms with E-state index in [2.05, 4.69) is 5.32 Å². The standard InChI is InChI=1S/C12H23N3O3/c1-9(16)14-7-10-3-5-15(6-4-10)12(17)11(13)8-18-2/h10-11H,3-8,13H2,1-2H3,(H,14,16). The van der Waals surface area contributed by atoms with Crippen LogP contribution in [0.5, 0.6) is 0 Å². The molecule has 0 radical (unpaired) electrons. The number of piperidine rings is 1. The van der Waals surface area contributed by atoms with Crippen LogP contribution in [-0.2, 0) is 14.3 Å². The average molecular weight is 257 g/mol. The maximum absolute atomic E-state index is 11.9. The third-order valence-corrected chi connectivity index (χ3v) is 3.23. The molecule has 1 aliphatic heterocycles. The summed E-state index contributed by atoms with van der Waals surface area (Å²) in [6, 6.07) is -0.568. The van der Waals surface area contributed by atoms with E-state index in [1.54, 1.807) is 4.90 Å². The molecular formula is C12H23N3O3. The molecule has 1 unspecified atom stereocenters. The summed E-state index contributed by atoms with van der Waals surface area (Å²) in [5, 5.41) is 2.82. The number of ether oxygens (including phenoxy) is 1. The first-order valence-electron chi connectivity index (χ1n) is 6.32. The molecule has 0 bridgehead atoms. The van der Waals surface area contributed by atoms with E-state index >= 15 is 0 Å². The zero-order valence-electron chi connectivity index (χ0n) is 11.1. The van der Waals surface area contributed by atoms with Gasteiger partial charge in [-0.15, -0.1) is 0 Å². The molecule has 0 aliphatic carbocycles. The van der Waals surface area contributed by atoms with Crippen LogP contribution in [0.15, 0.2) is 0 Å². The van der Waals surface area contributed by atoms with E-state index in [9.17, 15) is 9.59 Å². The molecule has 1 rings (SSSR count). The van der Waals surface area contributed by atoms with Gasteiger partial charge in [-0.05, 0) is 18.8 Å². The summed E-state index contributed by atoms with van der Waals surface area (Å²) in [6.45, 7) is 3.88. The van der Waals surface area contributed by atoms with E-state index in [1.807, 2.05) is 0 Å². The minimum Gasteiger partial charge on any atom is -0.383 e. The number of likely N-dealkylation sites (tertiary alicyclic amines) is 1. The van der Waals surface area contributed by atoms with Crippen molar-refractivity contribution in [1.29, 1.82) is 0 Å². The first-order valence-corrected chi connectivity index (χ1v) is 6.32. The van der Waals surface area contributed by atoms with Gasteiger partial charge in [-0.25, -0.2) is 0 Å². The van der Waals surface area contributed by atoms with E-state index in [-0.39, 0.29) is 18.4 Å². The van der Waals surface area contributed by atoms with Crippen LogP contribution in [0, 0.1) is 5.92 Å². The van der Waals surface area contributed by atoms with Gasteiger partial charge in [0.15, 0.2) is 0 Å². The van der Waals surface area contributed by atoms with Gasteiger partial charge in [-0.2, -0.15) is 0 Å². The van der Waals surface area contributed by atoms with Crippen molar-refractivity contribution in [3.05, 3.63) is 0 Å². The summed E-state index contributed by atoms with van der Waals surface area (Å²) in [5.74, 6) is 0.405. The van der Waals surface area contributed by atoms with Crippen molar-refractivity contribution in [2.75, 3.05) is 33.4 Å². The normalized spacial score (nSPS) is 18.5. The highest BCUT2D eigenvalue weighted by Gasteiger charge is 2.26. The Labute approximate surface area is 108 Å². The molecule has 1 saturated heterocycles. The van der Waals surface area contributed by atoms with Crippen molar-refractivity contribution >= 4 is 11.8 Å². The Morgan fingerprint density at radius 3 is 2.56 bits per heavy atom. The molecule has 1 aliphatic rings. The van der Waals surface area contributed by atoms with Crippen LogP contribution in [0.4, 0.5) is 0 Å². The fourth-order valence-corrected chi connectivity index (χ4v) is 2.13. The van der Waals surface area contributed by atoms with E-state index in [0.29, 0.717) is 25.6 Å². The molecule has 1 fully saturated rings. The lowest BCUT2D eigenvalue weighted by Gasteiger charge is -2.33. The molecule has 2 amide bonds. The van der Waals surface area contributed by atoms with Crippen molar-refractivity contribution in [3.63, 3.8) is 0 Å². The zero-order chi connectivity index (χ0) is 13.5. The van der Waals surface area contributed by atoms with Crippen LogP contribution in [0.2, 0.25) is 0 Å². The van der Waals surface area contributed by atoms with Gasteiger partial charge < -0.3 is 20.7 Å². The Morgan fingerprint density at radius 2 is 2.06 bits per heavy atom. The largest absolute Gasteiger partial charge is 0.383 e. The summed E-state index contributed by atoms with van der Waals surface area (Å²) >= 11 is 0. The van der Waals surface area contributed by atoms with Gasteiger partial charge in [0.2, 0.25) is 11.8 Å². The topological polar surface area (TPSA) is 84.7 Å². The van der Waals surface area contributed by atoms with Crippen LogP contribution in [-0.4, -0.2) is 56.1 Å². The van der Waals surface area contributed by atoms with Gasteiger partial charge in [0.1, 0.15) is 6.04 Å². The van der Waals surface area contributed by atoms with Crippen LogP contribution < -0.4 is 11.1 Å². The summed E-state index contributed by atoms with van der Waals surface area (Å²) in [7, 11) is 1.53. The Bertz CT molecular complexity index is 288. The third kappa shape index (κ3) is 4.62. The highest BCUT2D eigenvalue weighted by molar-refractivity contribution is 5.81. The number of hydrogen-bond donors (Lipinski definition) is 2. The maximum atomic E-state index is 11.9. The lowest BCUT2D eigenvalue weighted by atomic mass is 9.96. The molecule has 0 aromatic rings. The van der Waals surface area contributed by atoms with Crippen LogP contribution in [0.3, 0.4) is 0 Å². The summed E-state index contributed by atoms with van der Waals surface area (Å²) in [4.78, 5) is 24.5. The fourth-order valence-electron chi connectivity index (χ4n) is 2.13. The average Bonchev–Trinajstić information content (AvgIpc) is 2.36. The minimum atomic E-state index is -0.568. The number of nitrogens with two attached hydrogens (primary N) is 1. The van der Waals surface area contributed by atoms with Gasteiger partial charge in [0, 0.05) is 33.7 Å². The lowest BCUT2D eigenvalue weighted by Crippen LogP contribution is -2.49. The number of carbonyl (C=O) groups is 2. The highest BCUT2D eigenvalue weighted by atomic mass is 16.5. The Hall–Kier alpha value is -1.14. The molecule has 0 aromatic heterocycles. The van der Waals surface area contributed by atoms with E-state index < -0.39 is 6.04 Å². The number of nitrogens with one attached hydrogen (secondary N) is 1. The lowest BCUT2D eigenvalue weighted by molar-refractivity contribution is -0.135. The Kier molecular flexibility index (Phi) is 6.07. The van der Waals surface area contributed by atoms with Gasteiger partial charge in [-0.3, -0.25) is 9.59 Å². The van der Waals surface area contributed by atoms with E-state index in [4.69, 9.17) is 10.5 Å². The SMILES string of the molecule is COCC(N)C(=O)N1CCC(CNC(C)=O)CC1. The van der Waals surface area contributed by atoms with Crippen molar-refractivity contribution in [1.82, 2.24) is 10.2 Å². The van der Waals surface area contributed by atoms with Crippen LogP contribution >= 0.6 is 0 Å². The second-order valence-electron chi connectivity index (χ2n) is 4.77. The summed E-state index contributed by atoms with van der Waals surface area (Å²) in [5.41, 5.74) is 5.72. The Morgan fingerprint density at radius 1 is 1.44 bits per heavy atom. The van der Waals surface area contributed by atoms with Crippen molar-refractivity contribution < 1.29 is 14.3 Å². The van der Waals surface area contributed by atoms with Gasteiger partial charge in [0.05, 0.1) is 6.61 Å². The first-order chi connectivity index (χ1) is 8.54. The second-order valence-corrected chi connectivity index (χ2v) is 4.77. The van der Waals surface area contributed by atoms with E-state index in [1.165, 1.54) is 14.0 Å². The smallest absolute Gasteiger partial charge is 0.241 e. The molecule has 0 saturated carbocycles. The van der Waals surface area contributed by atoms with Crippen LogP contribution in [0.1, 0.15) is 19.8 Å². The number of amides is 2. The predicted molar refractivity (Wildman–Crippen MR) is 67.8 cm³/mol. The molecule has 104 valence electrons. The molecule has 18 heavy (non-hydrogen) atoms. The molecule has 6 heteroatoms. The fraction of sp³-hybridized carbons (Fsp3) is 0.833. The number of hydrogen-bond acceptors (Lipinski definition) is 4. The quantitative estimate of drug-likeness (QED) is 0.684. The molecule has 1 heterocycles. The molecule has 1 atom stereocenters. The summed E-state index contributed by atoms with van der Waals surface area (Å²) in [6.07, 6.45) is 1.82. The predicted octanol–water partition coefficient (Wildman–Crippen LogP) is -0.665. The van der Waals surface area contributed by atoms with Gasteiger partial charge >= 0.3 is 0 Å². The Balaban J connectivity index is 2.30. The maximum Gasteiger partial charge on any atom is 0.241 e. The molecule has 0 aromatic carbocycles. The van der Waals surface area contributed by atoms with Crippen molar-refractivity contribution in [3.8, 4) is 0 Å². The van der Waals surface area contributed by atoms with Crippen LogP contribution in [0.25, 0.3) is 0 Å². The van der Waals surface area contributed by atoms with Gasteiger partial charge in [-0.1, -0.05) is 0 Å². The second kappa shape index (κ2) is 7.33. The number of rotatable bonds is 5. The number of nitrogens with zero attached hydrogens (tertiary/aromatic N) is 1. The van der Waals surface area contributed by atoms with Gasteiger partial charge in [0.25, 0.3) is 0 Å². The monoisotopic (exact) mass is 257 g/mol. The van der Waals surface area contributed by atoms with Crippen molar-refractivity contribution in [2.45, 2.75) is 25.8 Å². The molecular weight excluding hydrogens is 234 g/mol. The first kappa shape index (κ1) is 14.9. The minimum absolute atomic E-state index is 0.00405. The third-order valence-electron chi connectivity index (χ3n) is 3.23. The highest BCUT2D eigenvalue weighted by Crippen LogP contribution is 2.16. The number of methoxy groups -OCH3 is 1. The van der Waals surface area contributed by atoms with E-state index in [0.717, 1.165) is 12.8 Å². The molecule has 6 nitrogen and oxygen atoms in total. The molecule has 0 spiro atoms. The van der Waals surface area contributed by atoms with Crippen molar-refractivity contribution in [2.24, 2.45) is 11.7 Å². The summed E-state index contributed by atoms with van der Waals surface area (Å²) < 4.78 is 4.88. The number of carbonyl (C=O) groups excluding carboxylic acids is 2.